The second-order valence-electron chi connectivity index (χ2n) is 6.93. The van der Waals surface area contributed by atoms with Crippen molar-refractivity contribution in [2.24, 2.45) is 7.05 Å². The van der Waals surface area contributed by atoms with Crippen LogP contribution in [0.2, 0.25) is 0 Å². The van der Waals surface area contributed by atoms with Crippen LogP contribution in [0.1, 0.15) is 36.3 Å². The Balaban J connectivity index is 1.65. The van der Waals surface area contributed by atoms with E-state index in [9.17, 15) is 9.18 Å². The maximum Gasteiger partial charge on any atom is 0.315 e. The fraction of sp³-hybridized carbons (Fsp3) is 0.273. The van der Waals surface area contributed by atoms with Crippen LogP contribution in [0.5, 0.6) is 0 Å². The van der Waals surface area contributed by atoms with Crippen molar-refractivity contribution in [1.29, 1.82) is 0 Å². The van der Waals surface area contributed by atoms with E-state index >= 15 is 0 Å². The van der Waals surface area contributed by atoms with Gasteiger partial charge < -0.3 is 15.2 Å². The molecule has 0 bridgehead atoms. The second-order valence-corrected chi connectivity index (χ2v) is 6.93. The van der Waals surface area contributed by atoms with Gasteiger partial charge in [0, 0.05) is 25.5 Å². The summed E-state index contributed by atoms with van der Waals surface area (Å²) in [5.41, 5.74) is 1.88. The minimum absolute atomic E-state index is 0.00487. The zero-order valence-corrected chi connectivity index (χ0v) is 16.1. The fourth-order valence-electron chi connectivity index (χ4n) is 3.13. The first-order valence-corrected chi connectivity index (χ1v) is 9.36. The molecule has 0 radical (unpaired) electrons. The van der Waals surface area contributed by atoms with E-state index in [2.05, 4.69) is 27.8 Å². The standard InChI is InChI=1S/C22H25FN4O/c1-16(11-12-17-7-4-3-5-8-17)25-22(28)26-20(21-24-13-14-27(21)2)18-9-6-10-19(23)15-18/h3-10,13-16,20H,11-12H2,1-2H3,(H2,25,26,28). The van der Waals surface area contributed by atoms with E-state index in [0.717, 1.165) is 12.8 Å². The summed E-state index contributed by atoms with van der Waals surface area (Å²) in [5.74, 6) is 0.285. The number of benzene rings is 2. The lowest BCUT2D eigenvalue weighted by molar-refractivity contribution is 0.234. The molecule has 0 fully saturated rings. The minimum atomic E-state index is -0.544. The molecule has 2 unspecified atom stereocenters. The highest BCUT2D eigenvalue weighted by Gasteiger charge is 2.21. The van der Waals surface area contributed by atoms with Gasteiger partial charge in [-0.1, -0.05) is 42.5 Å². The van der Waals surface area contributed by atoms with Crippen LogP contribution in [-0.4, -0.2) is 21.6 Å². The van der Waals surface area contributed by atoms with Crippen LogP contribution < -0.4 is 10.6 Å². The maximum absolute atomic E-state index is 13.7. The number of amides is 2. The molecule has 146 valence electrons. The number of halogens is 1. The van der Waals surface area contributed by atoms with Crippen molar-refractivity contribution in [2.75, 3.05) is 0 Å². The lowest BCUT2D eigenvalue weighted by atomic mass is 10.1. The van der Waals surface area contributed by atoms with E-state index in [-0.39, 0.29) is 17.9 Å². The average molecular weight is 380 g/mol. The summed E-state index contributed by atoms with van der Waals surface area (Å²) in [7, 11) is 1.84. The van der Waals surface area contributed by atoms with E-state index in [4.69, 9.17) is 0 Å². The molecule has 0 saturated heterocycles. The summed E-state index contributed by atoms with van der Waals surface area (Å²) in [4.78, 5) is 16.9. The Kier molecular flexibility index (Phi) is 6.42. The van der Waals surface area contributed by atoms with Crippen LogP contribution in [0.25, 0.3) is 0 Å². The third kappa shape index (κ3) is 5.19. The Morgan fingerprint density at radius 3 is 2.61 bits per heavy atom. The van der Waals surface area contributed by atoms with Gasteiger partial charge in [0.05, 0.1) is 0 Å². The van der Waals surface area contributed by atoms with Crippen molar-refractivity contribution in [3.05, 3.63) is 89.8 Å². The van der Waals surface area contributed by atoms with Crippen molar-refractivity contribution < 1.29 is 9.18 Å². The highest BCUT2D eigenvalue weighted by Crippen LogP contribution is 2.21. The van der Waals surface area contributed by atoms with E-state index < -0.39 is 6.04 Å². The van der Waals surface area contributed by atoms with E-state index in [0.29, 0.717) is 11.4 Å². The maximum atomic E-state index is 13.7. The van der Waals surface area contributed by atoms with Gasteiger partial charge in [-0.25, -0.2) is 14.2 Å². The molecule has 6 heteroatoms. The second kappa shape index (κ2) is 9.17. The smallest absolute Gasteiger partial charge is 0.315 e. The number of urea groups is 1. The number of rotatable bonds is 7. The Labute approximate surface area is 164 Å². The summed E-state index contributed by atoms with van der Waals surface area (Å²) in [6, 6.07) is 15.5. The number of aryl methyl sites for hydroxylation is 2. The van der Waals surface area contributed by atoms with Gasteiger partial charge in [0.2, 0.25) is 0 Å². The van der Waals surface area contributed by atoms with Crippen molar-refractivity contribution in [2.45, 2.75) is 31.8 Å². The molecule has 0 aliphatic rings. The molecule has 5 nitrogen and oxygen atoms in total. The lowest BCUT2D eigenvalue weighted by Gasteiger charge is -2.21. The van der Waals surface area contributed by atoms with Crippen molar-refractivity contribution in [3.8, 4) is 0 Å². The number of nitrogens with zero attached hydrogens (tertiary/aromatic N) is 2. The van der Waals surface area contributed by atoms with E-state index in [1.165, 1.54) is 17.7 Å². The van der Waals surface area contributed by atoms with Crippen molar-refractivity contribution in [1.82, 2.24) is 20.2 Å². The first-order valence-electron chi connectivity index (χ1n) is 9.36. The molecular formula is C22H25FN4O. The first-order chi connectivity index (χ1) is 13.5. The Morgan fingerprint density at radius 2 is 1.93 bits per heavy atom. The van der Waals surface area contributed by atoms with Gasteiger partial charge in [-0.2, -0.15) is 0 Å². The molecule has 0 spiro atoms. The summed E-state index contributed by atoms with van der Waals surface area (Å²) < 4.78 is 15.5. The molecule has 1 heterocycles. The van der Waals surface area contributed by atoms with Gasteiger partial charge in [-0.15, -0.1) is 0 Å². The highest BCUT2D eigenvalue weighted by molar-refractivity contribution is 5.75. The van der Waals surface area contributed by atoms with Crippen LogP contribution in [0.15, 0.2) is 67.0 Å². The minimum Gasteiger partial charge on any atom is -0.336 e. The lowest BCUT2D eigenvalue weighted by Crippen LogP contribution is -2.43. The van der Waals surface area contributed by atoms with Gasteiger partial charge in [-0.3, -0.25) is 0 Å². The number of carbonyl (C=O) groups is 1. The number of aromatic nitrogens is 2. The number of hydrogen-bond donors (Lipinski definition) is 2. The Hall–Kier alpha value is -3.15. The van der Waals surface area contributed by atoms with Crippen LogP contribution in [0, 0.1) is 5.82 Å². The molecule has 2 amide bonds. The molecule has 0 saturated carbocycles. The van der Waals surface area contributed by atoms with Crippen LogP contribution in [0.3, 0.4) is 0 Å². The first kappa shape index (κ1) is 19.6. The van der Waals surface area contributed by atoms with Crippen LogP contribution in [-0.2, 0) is 13.5 Å². The normalized spacial score (nSPS) is 13.0. The van der Waals surface area contributed by atoms with E-state index in [1.807, 2.05) is 36.7 Å². The largest absolute Gasteiger partial charge is 0.336 e. The molecular weight excluding hydrogens is 355 g/mol. The third-order valence-electron chi connectivity index (χ3n) is 4.66. The number of carbonyl (C=O) groups excluding carboxylic acids is 1. The summed E-state index contributed by atoms with van der Waals surface area (Å²) >= 11 is 0. The van der Waals surface area contributed by atoms with Crippen LogP contribution >= 0.6 is 0 Å². The zero-order chi connectivity index (χ0) is 19.9. The van der Waals surface area contributed by atoms with Gasteiger partial charge in [0.15, 0.2) is 0 Å². The molecule has 2 aromatic carbocycles. The quantitative estimate of drug-likeness (QED) is 0.652. The SMILES string of the molecule is CC(CCc1ccccc1)NC(=O)NC(c1cccc(F)c1)c1nccn1C. The fourth-order valence-corrected chi connectivity index (χ4v) is 3.13. The zero-order valence-electron chi connectivity index (χ0n) is 16.1. The monoisotopic (exact) mass is 380 g/mol. The topological polar surface area (TPSA) is 59.0 Å². The number of nitrogens with one attached hydrogen (secondary N) is 2. The molecule has 1 aromatic heterocycles. The number of hydrogen-bond acceptors (Lipinski definition) is 2. The van der Waals surface area contributed by atoms with Gasteiger partial charge in [0.25, 0.3) is 0 Å². The molecule has 3 rings (SSSR count). The van der Waals surface area contributed by atoms with Crippen LogP contribution in [0.4, 0.5) is 9.18 Å². The molecule has 0 aliphatic heterocycles. The average Bonchev–Trinajstić information content (AvgIpc) is 3.11. The molecule has 2 atom stereocenters. The van der Waals surface area contributed by atoms with Gasteiger partial charge >= 0.3 is 6.03 Å². The number of imidazole rings is 1. The molecule has 2 N–H and O–H groups in total. The molecule has 0 aliphatic carbocycles. The van der Waals surface area contributed by atoms with Crippen molar-refractivity contribution >= 4 is 6.03 Å². The molecule has 3 aromatic rings. The summed E-state index contributed by atoms with van der Waals surface area (Å²) in [6.07, 6.45) is 5.16. The summed E-state index contributed by atoms with van der Waals surface area (Å²) in [5, 5.41) is 5.90. The predicted octanol–water partition coefficient (Wildman–Crippen LogP) is 3.97. The van der Waals surface area contributed by atoms with Gasteiger partial charge in [0.1, 0.15) is 17.7 Å². The Bertz CT molecular complexity index is 910. The Morgan fingerprint density at radius 1 is 1.14 bits per heavy atom. The van der Waals surface area contributed by atoms with Gasteiger partial charge in [-0.05, 0) is 43.0 Å². The molecule has 28 heavy (non-hydrogen) atoms. The van der Waals surface area contributed by atoms with Crippen molar-refractivity contribution in [3.63, 3.8) is 0 Å². The third-order valence-corrected chi connectivity index (χ3v) is 4.66. The van der Waals surface area contributed by atoms with E-state index in [1.54, 1.807) is 24.5 Å². The highest BCUT2D eigenvalue weighted by atomic mass is 19.1. The predicted molar refractivity (Wildman–Crippen MR) is 107 cm³/mol. The summed E-state index contributed by atoms with van der Waals surface area (Å²) in [6.45, 7) is 1.97.